The second-order valence-corrected chi connectivity index (χ2v) is 7.96. The minimum absolute atomic E-state index is 0.138. The smallest absolute Gasteiger partial charge is 0.254 e. The van der Waals surface area contributed by atoms with Gasteiger partial charge in [0.05, 0.1) is 17.8 Å². The molecule has 1 N–H and O–H groups in total. The molecule has 0 atom stereocenters. The van der Waals surface area contributed by atoms with Crippen molar-refractivity contribution in [2.24, 2.45) is 0 Å². The van der Waals surface area contributed by atoms with Crippen LogP contribution >= 0.6 is 0 Å². The molecule has 1 amide bonds. The van der Waals surface area contributed by atoms with Crippen LogP contribution in [0.1, 0.15) is 21.5 Å². The molecule has 1 saturated heterocycles. The van der Waals surface area contributed by atoms with Gasteiger partial charge in [0, 0.05) is 36.3 Å². The van der Waals surface area contributed by atoms with Crippen molar-refractivity contribution in [1.29, 1.82) is 0 Å². The van der Waals surface area contributed by atoms with Crippen LogP contribution in [0.5, 0.6) is 0 Å². The number of hydrogen-bond acceptors (Lipinski definition) is 3. The summed E-state index contributed by atoms with van der Waals surface area (Å²) in [5.74, 6) is 0.138. The summed E-state index contributed by atoms with van der Waals surface area (Å²) in [6.45, 7) is 12.3. The van der Waals surface area contributed by atoms with E-state index in [2.05, 4.69) is 59.4 Å². The van der Waals surface area contributed by atoms with Crippen molar-refractivity contribution in [2.45, 2.75) is 19.4 Å². The SMILES string of the molecule is C=CC(=C)N1CC(N2CCc3ccc(-c4c(C)ccc5[nH]ncc45)cc3C2=O)C1. The Bertz CT molecular complexity index is 1150. The predicted molar refractivity (Wildman–Crippen MR) is 116 cm³/mol. The van der Waals surface area contributed by atoms with Gasteiger partial charge in [-0.1, -0.05) is 31.4 Å². The van der Waals surface area contributed by atoms with Crippen molar-refractivity contribution in [3.63, 3.8) is 0 Å². The number of H-pyrrole nitrogens is 1. The number of aromatic nitrogens is 2. The number of likely N-dealkylation sites (tertiary alicyclic amines) is 1. The number of aryl methyl sites for hydroxylation is 1. The molecule has 0 spiro atoms. The van der Waals surface area contributed by atoms with Crippen LogP contribution in [0.15, 0.2) is 61.5 Å². The van der Waals surface area contributed by atoms with Gasteiger partial charge in [0.15, 0.2) is 0 Å². The van der Waals surface area contributed by atoms with Gasteiger partial charge in [-0.2, -0.15) is 5.10 Å². The maximum atomic E-state index is 13.3. The normalized spacial score (nSPS) is 16.7. The van der Waals surface area contributed by atoms with E-state index >= 15 is 0 Å². The number of carbonyl (C=O) groups excluding carboxylic acids is 1. The highest BCUT2D eigenvalue weighted by atomic mass is 16.2. The van der Waals surface area contributed by atoms with Gasteiger partial charge in [0.1, 0.15) is 0 Å². The number of benzene rings is 2. The van der Waals surface area contributed by atoms with Crippen LogP contribution in [0.25, 0.3) is 22.0 Å². The zero-order chi connectivity index (χ0) is 20.1. The first kappa shape index (κ1) is 17.7. The maximum absolute atomic E-state index is 13.3. The van der Waals surface area contributed by atoms with Crippen LogP contribution in [-0.4, -0.2) is 51.6 Å². The number of rotatable bonds is 4. The average molecular weight is 384 g/mol. The van der Waals surface area contributed by atoms with Gasteiger partial charge in [0.25, 0.3) is 5.91 Å². The summed E-state index contributed by atoms with van der Waals surface area (Å²) in [4.78, 5) is 17.5. The van der Waals surface area contributed by atoms with Gasteiger partial charge >= 0.3 is 0 Å². The van der Waals surface area contributed by atoms with Gasteiger partial charge in [-0.15, -0.1) is 0 Å². The summed E-state index contributed by atoms with van der Waals surface area (Å²) in [6, 6.07) is 10.7. The fourth-order valence-corrected chi connectivity index (χ4v) is 4.52. The molecule has 2 aromatic carbocycles. The maximum Gasteiger partial charge on any atom is 0.254 e. The number of allylic oxidation sites excluding steroid dienone is 1. The van der Waals surface area contributed by atoms with E-state index in [1.807, 2.05) is 17.2 Å². The highest BCUT2D eigenvalue weighted by Crippen LogP contribution is 2.34. The predicted octanol–water partition coefficient (Wildman–Crippen LogP) is 3.92. The Labute approximate surface area is 170 Å². The molecular weight excluding hydrogens is 360 g/mol. The second-order valence-electron chi connectivity index (χ2n) is 7.96. The zero-order valence-corrected chi connectivity index (χ0v) is 16.6. The molecule has 5 nitrogen and oxygen atoms in total. The van der Waals surface area contributed by atoms with Crippen LogP contribution in [0.4, 0.5) is 0 Å². The van der Waals surface area contributed by atoms with Crippen molar-refractivity contribution in [2.75, 3.05) is 19.6 Å². The quantitative estimate of drug-likeness (QED) is 0.694. The number of nitrogens with zero attached hydrogens (tertiary/aromatic N) is 3. The topological polar surface area (TPSA) is 52.2 Å². The first-order valence-electron chi connectivity index (χ1n) is 10.00. The van der Waals surface area contributed by atoms with Crippen LogP contribution in [0.3, 0.4) is 0 Å². The molecule has 29 heavy (non-hydrogen) atoms. The number of fused-ring (bicyclic) bond motifs is 2. The first-order valence-corrected chi connectivity index (χ1v) is 10.00. The summed E-state index contributed by atoms with van der Waals surface area (Å²) in [6.07, 6.45) is 4.53. The number of carbonyl (C=O) groups is 1. The third-order valence-electron chi connectivity index (χ3n) is 6.29. The lowest BCUT2D eigenvalue weighted by Crippen LogP contribution is -2.61. The molecule has 0 saturated carbocycles. The Morgan fingerprint density at radius 1 is 1.28 bits per heavy atom. The molecule has 0 aliphatic carbocycles. The standard InChI is InChI=1S/C24H24N4O/c1-4-16(3)27-13-19(14-27)28-10-9-17-6-7-18(11-20(17)24(28)29)23-15(2)5-8-22-21(23)12-25-26-22/h4-8,11-12,19H,1,3,9-10,13-14H2,2H3,(H,25,26). The highest BCUT2D eigenvalue weighted by Gasteiger charge is 2.37. The number of nitrogens with one attached hydrogen (secondary N) is 1. The molecule has 1 aromatic heterocycles. The molecule has 1 fully saturated rings. The third kappa shape index (κ3) is 2.77. The summed E-state index contributed by atoms with van der Waals surface area (Å²) >= 11 is 0. The molecular formula is C24H24N4O. The minimum atomic E-state index is 0.138. The molecule has 2 aliphatic rings. The van der Waals surface area contributed by atoms with E-state index in [1.165, 1.54) is 5.56 Å². The van der Waals surface area contributed by atoms with Crippen molar-refractivity contribution in [3.05, 3.63) is 78.1 Å². The van der Waals surface area contributed by atoms with E-state index in [1.54, 1.807) is 6.08 Å². The molecule has 2 aliphatic heterocycles. The molecule has 5 heteroatoms. The number of amides is 1. The molecule has 0 unspecified atom stereocenters. The zero-order valence-electron chi connectivity index (χ0n) is 16.6. The second kappa shape index (κ2) is 6.62. The van der Waals surface area contributed by atoms with Gasteiger partial charge in [0.2, 0.25) is 0 Å². The fourth-order valence-electron chi connectivity index (χ4n) is 4.52. The van der Waals surface area contributed by atoms with Gasteiger partial charge < -0.3 is 9.80 Å². The van der Waals surface area contributed by atoms with Crippen LogP contribution < -0.4 is 0 Å². The summed E-state index contributed by atoms with van der Waals surface area (Å²) in [5.41, 5.74) is 7.29. The molecule has 0 radical (unpaired) electrons. The van der Waals surface area contributed by atoms with Gasteiger partial charge in [-0.25, -0.2) is 0 Å². The van der Waals surface area contributed by atoms with E-state index in [0.29, 0.717) is 0 Å². The molecule has 146 valence electrons. The number of hydrogen-bond donors (Lipinski definition) is 1. The summed E-state index contributed by atoms with van der Waals surface area (Å²) in [7, 11) is 0. The molecule has 5 rings (SSSR count). The van der Waals surface area contributed by atoms with Gasteiger partial charge in [-0.3, -0.25) is 9.89 Å². The van der Waals surface area contributed by atoms with Crippen molar-refractivity contribution in [1.82, 2.24) is 20.0 Å². The first-order chi connectivity index (χ1) is 14.1. The fraction of sp³-hybridized carbons (Fsp3) is 0.250. The lowest BCUT2D eigenvalue weighted by molar-refractivity contribution is 0.0380. The average Bonchev–Trinajstić information content (AvgIpc) is 3.17. The number of aromatic amines is 1. The van der Waals surface area contributed by atoms with Crippen molar-refractivity contribution < 1.29 is 4.79 Å². The van der Waals surface area contributed by atoms with Crippen LogP contribution in [-0.2, 0) is 6.42 Å². The minimum Gasteiger partial charge on any atom is -0.368 e. The van der Waals surface area contributed by atoms with E-state index in [-0.39, 0.29) is 11.9 Å². The monoisotopic (exact) mass is 384 g/mol. The lowest BCUT2D eigenvalue weighted by atomic mass is 9.90. The van der Waals surface area contributed by atoms with E-state index < -0.39 is 0 Å². The molecule has 3 aromatic rings. The van der Waals surface area contributed by atoms with E-state index in [0.717, 1.165) is 64.9 Å². The Hall–Kier alpha value is -3.34. The Morgan fingerprint density at radius 2 is 2.10 bits per heavy atom. The Morgan fingerprint density at radius 3 is 2.90 bits per heavy atom. The van der Waals surface area contributed by atoms with E-state index in [4.69, 9.17) is 0 Å². The Kier molecular flexibility index (Phi) is 4.05. The van der Waals surface area contributed by atoms with Crippen LogP contribution in [0.2, 0.25) is 0 Å². The highest BCUT2D eigenvalue weighted by molar-refractivity contribution is 6.01. The summed E-state index contributed by atoms with van der Waals surface area (Å²) in [5, 5.41) is 8.32. The summed E-state index contributed by atoms with van der Waals surface area (Å²) < 4.78 is 0. The lowest BCUT2D eigenvalue weighted by Gasteiger charge is -2.48. The Balaban J connectivity index is 1.48. The van der Waals surface area contributed by atoms with Crippen molar-refractivity contribution in [3.8, 4) is 11.1 Å². The molecule has 3 heterocycles. The van der Waals surface area contributed by atoms with Crippen LogP contribution in [0, 0.1) is 6.92 Å². The molecule has 0 bridgehead atoms. The van der Waals surface area contributed by atoms with Gasteiger partial charge in [-0.05, 0) is 53.8 Å². The largest absolute Gasteiger partial charge is 0.368 e. The van der Waals surface area contributed by atoms with E-state index in [9.17, 15) is 4.79 Å². The third-order valence-corrected chi connectivity index (χ3v) is 6.29. The van der Waals surface area contributed by atoms with Crippen molar-refractivity contribution >= 4 is 16.8 Å².